The topological polar surface area (TPSA) is 107 Å². The number of nitrogens with one attached hydrogen (secondary N) is 2. The maximum atomic E-state index is 12.9. The number of hydrogen-bond acceptors (Lipinski definition) is 8. The molecule has 200 valence electrons. The minimum atomic E-state index is -3.39. The van der Waals surface area contributed by atoms with Gasteiger partial charge in [-0.15, -0.1) is 11.3 Å². The fourth-order valence-electron chi connectivity index (χ4n) is 5.11. The Bertz CT molecular complexity index is 1440. The number of thiazole rings is 1. The van der Waals surface area contributed by atoms with Crippen LogP contribution in [0.3, 0.4) is 0 Å². The molecule has 0 radical (unpaired) electrons. The third kappa shape index (κ3) is 6.08. The lowest BCUT2D eigenvalue weighted by Crippen LogP contribution is -2.46. The Balaban J connectivity index is 1.32. The SMILES string of the molecule is CC(C)Oc1ccc(-c2ncc(-c3cccc4c3CC[C@H]4NS(=O)(=O)CCN3CCNCC3)s2)cc1C#N. The van der Waals surface area contributed by atoms with Gasteiger partial charge in [-0.2, -0.15) is 5.26 Å². The summed E-state index contributed by atoms with van der Waals surface area (Å²) in [6.07, 6.45) is 3.41. The van der Waals surface area contributed by atoms with E-state index in [0.717, 1.165) is 65.6 Å². The summed E-state index contributed by atoms with van der Waals surface area (Å²) < 4.78 is 34.5. The van der Waals surface area contributed by atoms with E-state index >= 15 is 0 Å². The molecule has 3 aromatic rings. The summed E-state index contributed by atoms with van der Waals surface area (Å²) in [6, 6.07) is 13.7. The molecular formula is C28H33N5O3S2. The largest absolute Gasteiger partial charge is 0.490 e. The standard InChI is InChI=1S/C28H33N5O3S2/c1-19(2)36-26-9-6-20(16-21(26)17-29)28-31-18-27(37-28)24-5-3-4-23-22(24)7-8-25(23)32-38(34,35)15-14-33-12-10-30-11-13-33/h3-6,9,16,18-19,25,30,32H,7-8,10-15H2,1-2H3/t25-/m1/s1. The van der Waals surface area contributed by atoms with Crippen LogP contribution in [0.15, 0.2) is 42.6 Å². The average molecular weight is 552 g/mol. The number of ether oxygens (including phenoxy) is 1. The van der Waals surface area contributed by atoms with Crippen molar-refractivity contribution >= 4 is 21.4 Å². The summed E-state index contributed by atoms with van der Waals surface area (Å²) >= 11 is 1.57. The number of fused-ring (bicyclic) bond motifs is 1. The highest BCUT2D eigenvalue weighted by molar-refractivity contribution is 7.89. The van der Waals surface area contributed by atoms with E-state index in [1.54, 1.807) is 11.3 Å². The predicted molar refractivity (Wildman–Crippen MR) is 151 cm³/mol. The van der Waals surface area contributed by atoms with Gasteiger partial charge in [0.25, 0.3) is 0 Å². The fraction of sp³-hybridized carbons (Fsp3) is 0.429. The van der Waals surface area contributed by atoms with E-state index in [0.29, 0.717) is 17.9 Å². The second-order valence-corrected chi connectivity index (χ2v) is 12.9. The zero-order valence-electron chi connectivity index (χ0n) is 21.7. The van der Waals surface area contributed by atoms with Crippen molar-refractivity contribution < 1.29 is 13.2 Å². The summed E-state index contributed by atoms with van der Waals surface area (Å²) in [5, 5.41) is 13.7. The zero-order chi connectivity index (χ0) is 26.7. The number of nitriles is 1. The van der Waals surface area contributed by atoms with E-state index in [2.05, 4.69) is 32.1 Å². The number of benzene rings is 2. The van der Waals surface area contributed by atoms with Crippen molar-refractivity contribution in [1.29, 1.82) is 5.26 Å². The summed E-state index contributed by atoms with van der Waals surface area (Å²) in [6.45, 7) is 8.00. The summed E-state index contributed by atoms with van der Waals surface area (Å²) in [7, 11) is -3.39. The molecule has 0 bridgehead atoms. The van der Waals surface area contributed by atoms with Gasteiger partial charge >= 0.3 is 0 Å². The van der Waals surface area contributed by atoms with Crippen molar-refractivity contribution in [2.45, 2.75) is 38.8 Å². The summed E-state index contributed by atoms with van der Waals surface area (Å²) in [5.74, 6) is 0.688. The Hall–Kier alpha value is -2.81. The Kier molecular flexibility index (Phi) is 8.12. The number of nitrogens with zero attached hydrogens (tertiary/aromatic N) is 3. The number of sulfonamides is 1. The van der Waals surface area contributed by atoms with E-state index in [4.69, 9.17) is 4.74 Å². The van der Waals surface area contributed by atoms with Gasteiger partial charge in [-0.3, -0.25) is 4.90 Å². The van der Waals surface area contributed by atoms with Gasteiger partial charge in [0, 0.05) is 50.5 Å². The number of piperazine rings is 1. The second-order valence-electron chi connectivity index (χ2n) is 10.0. The molecular weight excluding hydrogens is 518 g/mol. The minimum Gasteiger partial charge on any atom is -0.490 e. The molecule has 2 N–H and O–H groups in total. The van der Waals surface area contributed by atoms with Gasteiger partial charge in [-0.1, -0.05) is 18.2 Å². The Morgan fingerprint density at radius 3 is 2.84 bits per heavy atom. The van der Waals surface area contributed by atoms with Crippen molar-refractivity contribution in [3.05, 3.63) is 59.3 Å². The Morgan fingerprint density at radius 2 is 2.08 bits per heavy atom. The first-order chi connectivity index (χ1) is 18.3. The van der Waals surface area contributed by atoms with Gasteiger partial charge in [-0.05, 0) is 61.6 Å². The van der Waals surface area contributed by atoms with Crippen LogP contribution in [0.4, 0.5) is 0 Å². The Morgan fingerprint density at radius 1 is 1.26 bits per heavy atom. The highest BCUT2D eigenvalue weighted by Gasteiger charge is 2.29. The van der Waals surface area contributed by atoms with Gasteiger partial charge in [0.2, 0.25) is 10.0 Å². The first-order valence-electron chi connectivity index (χ1n) is 13.0. The molecule has 38 heavy (non-hydrogen) atoms. The van der Waals surface area contributed by atoms with E-state index in [-0.39, 0.29) is 17.9 Å². The maximum Gasteiger partial charge on any atom is 0.213 e. The van der Waals surface area contributed by atoms with Crippen LogP contribution in [0, 0.1) is 11.3 Å². The molecule has 0 spiro atoms. The lowest BCUT2D eigenvalue weighted by molar-refractivity contribution is 0.242. The molecule has 1 fully saturated rings. The molecule has 0 saturated carbocycles. The van der Waals surface area contributed by atoms with Gasteiger partial charge < -0.3 is 10.1 Å². The van der Waals surface area contributed by atoms with E-state index in [9.17, 15) is 13.7 Å². The summed E-state index contributed by atoms with van der Waals surface area (Å²) in [5.41, 5.74) is 4.67. The Labute approximate surface area is 228 Å². The van der Waals surface area contributed by atoms with Crippen LogP contribution >= 0.6 is 11.3 Å². The number of rotatable bonds is 9. The fourth-order valence-corrected chi connectivity index (χ4v) is 7.37. The van der Waals surface area contributed by atoms with Crippen LogP contribution in [0.1, 0.15) is 43.0 Å². The van der Waals surface area contributed by atoms with Crippen LogP contribution in [0.5, 0.6) is 5.75 Å². The van der Waals surface area contributed by atoms with Gasteiger partial charge in [-0.25, -0.2) is 18.1 Å². The van der Waals surface area contributed by atoms with Crippen LogP contribution < -0.4 is 14.8 Å². The van der Waals surface area contributed by atoms with Gasteiger partial charge in [0.1, 0.15) is 16.8 Å². The summed E-state index contributed by atoms with van der Waals surface area (Å²) in [4.78, 5) is 7.87. The molecule has 2 aliphatic rings. The third-order valence-corrected chi connectivity index (χ3v) is 9.40. The number of aromatic nitrogens is 1. The minimum absolute atomic E-state index is 0.0138. The highest BCUT2D eigenvalue weighted by atomic mass is 32.2. The first-order valence-corrected chi connectivity index (χ1v) is 15.5. The predicted octanol–water partition coefficient (Wildman–Crippen LogP) is 3.95. The van der Waals surface area contributed by atoms with Crippen LogP contribution in [0.25, 0.3) is 21.0 Å². The molecule has 1 saturated heterocycles. The maximum absolute atomic E-state index is 12.9. The molecule has 1 aliphatic heterocycles. The van der Waals surface area contributed by atoms with Crippen LogP contribution in [0.2, 0.25) is 0 Å². The normalized spacial score (nSPS) is 17.9. The molecule has 1 atom stereocenters. The highest BCUT2D eigenvalue weighted by Crippen LogP contribution is 2.41. The second kappa shape index (κ2) is 11.5. The zero-order valence-corrected chi connectivity index (χ0v) is 23.4. The molecule has 0 unspecified atom stereocenters. The lowest BCUT2D eigenvalue weighted by Gasteiger charge is -2.27. The lowest BCUT2D eigenvalue weighted by atomic mass is 10.0. The van der Waals surface area contributed by atoms with Crippen LogP contribution in [-0.4, -0.2) is 62.9 Å². The number of hydrogen-bond donors (Lipinski definition) is 2. The molecule has 2 aromatic carbocycles. The first kappa shape index (κ1) is 26.8. The third-order valence-electron chi connectivity index (χ3n) is 6.96. The molecule has 2 heterocycles. The monoisotopic (exact) mass is 551 g/mol. The van der Waals surface area contributed by atoms with Crippen molar-refractivity contribution in [3.8, 4) is 32.8 Å². The molecule has 10 heteroatoms. The molecule has 5 rings (SSSR count). The van der Waals surface area contributed by atoms with Crippen molar-refractivity contribution in [1.82, 2.24) is 19.9 Å². The average Bonchev–Trinajstić information content (AvgIpc) is 3.56. The quantitative estimate of drug-likeness (QED) is 0.415. The molecule has 8 nitrogen and oxygen atoms in total. The van der Waals surface area contributed by atoms with Crippen molar-refractivity contribution in [2.24, 2.45) is 0 Å². The van der Waals surface area contributed by atoms with Gasteiger partial charge in [0.15, 0.2) is 0 Å². The molecule has 1 aliphatic carbocycles. The smallest absolute Gasteiger partial charge is 0.213 e. The molecule has 1 aromatic heterocycles. The van der Waals surface area contributed by atoms with Crippen LogP contribution in [-0.2, 0) is 16.4 Å². The van der Waals surface area contributed by atoms with Gasteiger partial charge in [0.05, 0.1) is 22.3 Å². The van der Waals surface area contributed by atoms with E-state index in [1.807, 2.05) is 50.4 Å². The molecule has 0 amide bonds. The van der Waals surface area contributed by atoms with E-state index < -0.39 is 10.0 Å². The van der Waals surface area contributed by atoms with Crippen molar-refractivity contribution in [2.75, 3.05) is 38.5 Å². The van der Waals surface area contributed by atoms with E-state index in [1.165, 1.54) is 5.56 Å². The van der Waals surface area contributed by atoms with Crippen molar-refractivity contribution in [3.63, 3.8) is 0 Å².